The van der Waals surface area contributed by atoms with E-state index in [-0.39, 0.29) is 12.5 Å². The second kappa shape index (κ2) is 8.03. The first-order valence-corrected chi connectivity index (χ1v) is 10.2. The number of fused-ring (bicyclic) bond motifs is 3. The Hall–Kier alpha value is -2.24. The quantitative estimate of drug-likeness (QED) is 0.707. The van der Waals surface area contributed by atoms with E-state index >= 15 is 0 Å². The first-order valence-electron chi connectivity index (χ1n) is 10.2. The molecule has 0 unspecified atom stereocenters. The van der Waals surface area contributed by atoms with Gasteiger partial charge in [-0.25, -0.2) is 0 Å². The summed E-state index contributed by atoms with van der Waals surface area (Å²) in [6, 6.07) is 6.87. The third-order valence-corrected chi connectivity index (χ3v) is 5.21. The number of carbonyl (C=O) groups is 2. The van der Waals surface area contributed by atoms with Crippen molar-refractivity contribution in [1.29, 1.82) is 0 Å². The van der Waals surface area contributed by atoms with Crippen LogP contribution >= 0.6 is 0 Å². The number of hydrogen-bond acceptors (Lipinski definition) is 8. The molecule has 3 fully saturated rings. The fourth-order valence-electron chi connectivity index (χ4n) is 3.97. The van der Waals surface area contributed by atoms with Crippen LogP contribution in [0.2, 0.25) is 0 Å². The molecule has 4 rings (SSSR count). The Kier molecular flexibility index (Phi) is 5.69. The number of hydrogen-bond donors (Lipinski definition) is 2. The van der Waals surface area contributed by atoms with Gasteiger partial charge in [0, 0.05) is 5.69 Å². The highest BCUT2D eigenvalue weighted by molar-refractivity contribution is 5.95. The Morgan fingerprint density at radius 1 is 0.935 bits per heavy atom. The van der Waals surface area contributed by atoms with Gasteiger partial charge in [-0.15, -0.1) is 0 Å². The summed E-state index contributed by atoms with van der Waals surface area (Å²) in [4.78, 5) is 25.1. The van der Waals surface area contributed by atoms with Crippen molar-refractivity contribution in [2.75, 3.05) is 19.0 Å². The van der Waals surface area contributed by atoms with Crippen molar-refractivity contribution in [2.45, 2.75) is 70.0 Å². The molecule has 0 spiro atoms. The van der Waals surface area contributed by atoms with Crippen LogP contribution in [0.3, 0.4) is 0 Å². The van der Waals surface area contributed by atoms with E-state index in [1.54, 1.807) is 59.1 Å². The van der Waals surface area contributed by atoms with E-state index in [9.17, 15) is 9.59 Å². The first kappa shape index (κ1) is 22.0. The monoisotopic (exact) mass is 436 g/mol. The summed E-state index contributed by atoms with van der Waals surface area (Å²) in [6.45, 7) is 6.83. The predicted molar refractivity (Wildman–Crippen MR) is 107 cm³/mol. The Morgan fingerprint density at radius 3 is 2.23 bits per heavy atom. The van der Waals surface area contributed by atoms with E-state index < -0.39 is 48.2 Å². The second-order valence-corrected chi connectivity index (χ2v) is 8.58. The number of amides is 2. The maximum Gasteiger partial charge on any atom is 0.252 e. The number of ether oxygens (including phenoxy) is 6. The normalized spacial score (nSPS) is 32.6. The fourth-order valence-corrected chi connectivity index (χ4v) is 3.97. The third-order valence-electron chi connectivity index (χ3n) is 5.21. The highest BCUT2D eigenvalue weighted by Gasteiger charge is 2.62. The van der Waals surface area contributed by atoms with E-state index in [0.717, 1.165) is 0 Å². The lowest BCUT2D eigenvalue weighted by Crippen LogP contribution is -2.59. The summed E-state index contributed by atoms with van der Waals surface area (Å²) in [7, 11) is 1.56. The van der Waals surface area contributed by atoms with E-state index in [1.165, 1.54) is 0 Å². The van der Waals surface area contributed by atoms with Gasteiger partial charge >= 0.3 is 0 Å². The van der Waals surface area contributed by atoms with Crippen LogP contribution in [0.1, 0.15) is 27.7 Å². The van der Waals surface area contributed by atoms with Crippen LogP contribution in [-0.2, 0) is 33.3 Å². The maximum atomic E-state index is 12.9. The number of anilines is 1. The SMILES string of the molecule is COc1ccc(NC(=O)CNC(=O)[C@@H]2O[C@@H]3OC(C)(C)O[C@@H]3[C@@H]3OC(C)(C)O[C@H]32)cc1. The lowest BCUT2D eigenvalue weighted by molar-refractivity contribution is -0.231. The van der Waals surface area contributed by atoms with Gasteiger partial charge in [-0.2, -0.15) is 0 Å². The smallest absolute Gasteiger partial charge is 0.252 e. The molecule has 1 aromatic carbocycles. The predicted octanol–water partition coefficient (Wildman–Crippen LogP) is 1.15. The zero-order chi connectivity index (χ0) is 22.4. The number of nitrogens with one attached hydrogen (secondary N) is 2. The van der Waals surface area contributed by atoms with Crippen molar-refractivity contribution in [1.82, 2.24) is 5.32 Å². The van der Waals surface area contributed by atoms with Crippen molar-refractivity contribution < 1.29 is 38.0 Å². The van der Waals surface area contributed by atoms with Gasteiger partial charge in [0.25, 0.3) is 5.91 Å². The van der Waals surface area contributed by atoms with Gasteiger partial charge in [0.1, 0.15) is 24.1 Å². The average molecular weight is 436 g/mol. The van der Waals surface area contributed by atoms with Gasteiger partial charge in [0.05, 0.1) is 13.7 Å². The largest absolute Gasteiger partial charge is 0.497 e. The molecule has 10 nitrogen and oxygen atoms in total. The van der Waals surface area contributed by atoms with Crippen LogP contribution in [0.15, 0.2) is 24.3 Å². The summed E-state index contributed by atoms with van der Waals surface area (Å²) in [5.41, 5.74) is 0.588. The van der Waals surface area contributed by atoms with E-state index in [4.69, 9.17) is 28.4 Å². The molecule has 5 atom stereocenters. The number of carbonyl (C=O) groups excluding carboxylic acids is 2. The van der Waals surface area contributed by atoms with Crippen LogP contribution in [-0.4, -0.2) is 67.7 Å². The molecule has 2 amide bonds. The van der Waals surface area contributed by atoms with E-state index in [2.05, 4.69) is 10.6 Å². The zero-order valence-electron chi connectivity index (χ0n) is 18.2. The molecule has 3 aliphatic rings. The first-order chi connectivity index (χ1) is 14.6. The molecule has 0 aromatic heterocycles. The van der Waals surface area contributed by atoms with Gasteiger partial charge < -0.3 is 39.1 Å². The lowest BCUT2D eigenvalue weighted by Gasteiger charge is -2.36. The van der Waals surface area contributed by atoms with E-state index in [1.807, 2.05) is 0 Å². The van der Waals surface area contributed by atoms with E-state index in [0.29, 0.717) is 11.4 Å². The fraction of sp³-hybridized carbons (Fsp3) is 0.619. The highest BCUT2D eigenvalue weighted by Crippen LogP contribution is 2.44. The van der Waals surface area contributed by atoms with Gasteiger partial charge in [-0.1, -0.05) is 0 Å². The van der Waals surface area contributed by atoms with Crippen molar-refractivity contribution in [3.8, 4) is 5.75 Å². The van der Waals surface area contributed by atoms with Crippen molar-refractivity contribution >= 4 is 17.5 Å². The maximum absolute atomic E-state index is 12.9. The van der Waals surface area contributed by atoms with Gasteiger partial charge in [0.2, 0.25) is 5.91 Å². The number of methoxy groups -OCH3 is 1. The Balaban J connectivity index is 1.38. The Bertz CT molecular complexity index is 840. The van der Waals surface area contributed by atoms with Gasteiger partial charge in [0.15, 0.2) is 24.0 Å². The van der Waals surface area contributed by atoms with Gasteiger partial charge in [-0.3, -0.25) is 9.59 Å². The molecule has 3 heterocycles. The molecule has 3 aliphatic heterocycles. The second-order valence-electron chi connectivity index (χ2n) is 8.58. The average Bonchev–Trinajstić information content (AvgIpc) is 3.19. The minimum Gasteiger partial charge on any atom is -0.497 e. The molecular formula is C21H28N2O8. The molecule has 3 saturated heterocycles. The molecule has 0 saturated carbocycles. The van der Waals surface area contributed by atoms with Crippen LogP contribution in [0.25, 0.3) is 0 Å². The molecular weight excluding hydrogens is 408 g/mol. The Labute approximate surface area is 180 Å². The summed E-state index contributed by atoms with van der Waals surface area (Å²) < 4.78 is 34.6. The lowest BCUT2D eigenvalue weighted by atomic mass is 9.98. The standard InChI is InChI=1S/C21H28N2O8/c1-20(2)28-14-15(29-20)17-19(31-21(3,4)30-17)27-16(14)18(25)22-10-13(24)23-11-6-8-12(26-5)9-7-11/h6-9,14-17,19H,10H2,1-5H3,(H,22,25)(H,23,24)/t14-,15-,16-,17-,19-/m1/s1. The molecule has 0 aliphatic carbocycles. The minimum atomic E-state index is -1.01. The highest BCUT2D eigenvalue weighted by atomic mass is 16.9. The third kappa shape index (κ3) is 4.68. The summed E-state index contributed by atoms with van der Waals surface area (Å²) in [5.74, 6) is -1.98. The molecule has 2 N–H and O–H groups in total. The molecule has 0 radical (unpaired) electrons. The van der Waals surface area contributed by atoms with Crippen molar-refractivity contribution in [2.24, 2.45) is 0 Å². The molecule has 10 heteroatoms. The minimum absolute atomic E-state index is 0.233. The van der Waals surface area contributed by atoms with Crippen molar-refractivity contribution in [3.63, 3.8) is 0 Å². The molecule has 1 aromatic rings. The summed E-state index contributed by atoms with van der Waals surface area (Å²) >= 11 is 0. The molecule has 170 valence electrons. The summed E-state index contributed by atoms with van der Waals surface area (Å²) in [5, 5.41) is 5.31. The summed E-state index contributed by atoms with van der Waals surface area (Å²) in [6.07, 6.45) is -3.56. The number of rotatable bonds is 5. The van der Waals surface area contributed by atoms with Crippen molar-refractivity contribution in [3.05, 3.63) is 24.3 Å². The zero-order valence-corrected chi connectivity index (χ0v) is 18.2. The molecule has 31 heavy (non-hydrogen) atoms. The van der Waals surface area contributed by atoms with Crippen LogP contribution in [0, 0.1) is 0 Å². The topological polar surface area (TPSA) is 114 Å². The van der Waals surface area contributed by atoms with Crippen LogP contribution in [0.5, 0.6) is 5.75 Å². The van der Waals surface area contributed by atoms with Crippen LogP contribution in [0.4, 0.5) is 5.69 Å². The van der Waals surface area contributed by atoms with Gasteiger partial charge in [-0.05, 0) is 52.0 Å². The number of benzene rings is 1. The van der Waals surface area contributed by atoms with Crippen LogP contribution < -0.4 is 15.4 Å². The Morgan fingerprint density at radius 2 is 1.55 bits per heavy atom. The molecule has 0 bridgehead atoms.